The predicted molar refractivity (Wildman–Crippen MR) is 86.7 cm³/mol. The molecule has 2 N–H and O–H groups in total. The highest BCUT2D eigenvalue weighted by molar-refractivity contribution is 7.80. The molecule has 1 aromatic carbocycles. The number of rotatable bonds is 4. The molecule has 0 aliphatic heterocycles. The summed E-state index contributed by atoms with van der Waals surface area (Å²) < 4.78 is 0. The molecule has 104 valence electrons. The molecule has 1 aromatic heterocycles. The third-order valence-corrected chi connectivity index (χ3v) is 3.56. The topological polar surface area (TPSA) is 37.0 Å². The first-order valence-electron chi connectivity index (χ1n) is 6.31. The van der Waals surface area contributed by atoms with E-state index in [1.807, 2.05) is 43.5 Å². The summed E-state index contributed by atoms with van der Waals surface area (Å²) in [5.41, 5.74) is 3.27. The summed E-state index contributed by atoms with van der Waals surface area (Å²) in [7, 11) is 0. The normalized spacial score (nSPS) is 10.1. The van der Waals surface area contributed by atoms with Crippen molar-refractivity contribution in [1.82, 2.24) is 15.6 Å². The highest BCUT2D eigenvalue weighted by Crippen LogP contribution is 2.16. The van der Waals surface area contributed by atoms with Gasteiger partial charge in [0.2, 0.25) is 0 Å². The molecule has 0 bridgehead atoms. The Hall–Kier alpha value is -1.65. The van der Waals surface area contributed by atoms with Crippen molar-refractivity contribution in [1.29, 1.82) is 0 Å². The van der Waals surface area contributed by atoms with Crippen LogP contribution in [0.5, 0.6) is 0 Å². The van der Waals surface area contributed by atoms with Crippen molar-refractivity contribution in [2.45, 2.75) is 20.0 Å². The molecule has 3 nitrogen and oxygen atoms in total. The van der Waals surface area contributed by atoms with Crippen LogP contribution in [-0.4, -0.2) is 10.1 Å². The van der Waals surface area contributed by atoms with Crippen molar-refractivity contribution in [3.05, 3.63) is 64.4 Å². The Balaban J connectivity index is 1.79. The van der Waals surface area contributed by atoms with Crippen LogP contribution >= 0.6 is 23.8 Å². The number of nitrogens with zero attached hydrogens (tertiary/aromatic N) is 1. The van der Waals surface area contributed by atoms with Gasteiger partial charge in [0.25, 0.3) is 0 Å². The molecule has 0 saturated heterocycles. The first kappa shape index (κ1) is 14.8. The molecule has 0 atom stereocenters. The molecule has 0 saturated carbocycles. The number of aromatic nitrogens is 1. The van der Waals surface area contributed by atoms with Crippen molar-refractivity contribution < 1.29 is 0 Å². The fraction of sp³-hybridized carbons (Fsp3) is 0.200. The van der Waals surface area contributed by atoms with Crippen LogP contribution in [0.25, 0.3) is 0 Å². The lowest BCUT2D eigenvalue weighted by Gasteiger charge is -2.11. The summed E-state index contributed by atoms with van der Waals surface area (Å²) in [6.07, 6.45) is 3.57. The minimum Gasteiger partial charge on any atom is -0.359 e. The van der Waals surface area contributed by atoms with E-state index < -0.39 is 0 Å². The molecule has 0 aliphatic rings. The van der Waals surface area contributed by atoms with Crippen LogP contribution in [0.3, 0.4) is 0 Å². The zero-order valence-corrected chi connectivity index (χ0v) is 12.8. The third-order valence-electron chi connectivity index (χ3n) is 2.87. The van der Waals surface area contributed by atoms with Crippen LogP contribution in [0.2, 0.25) is 5.02 Å². The minimum absolute atomic E-state index is 0.616. The van der Waals surface area contributed by atoms with Crippen LogP contribution in [0.4, 0.5) is 0 Å². The van der Waals surface area contributed by atoms with Gasteiger partial charge in [0.05, 0.1) is 0 Å². The van der Waals surface area contributed by atoms with Crippen LogP contribution in [-0.2, 0) is 13.1 Å². The molecule has 0 amide bonds. The predicted octanol–water partition coefficient (Wildman–Crippen LogP) is 3.21. The molecule has 5 heteroatoms. The van der Waals surface area contributed by atoms with E-state index >= 15 is 0 Å². The van der Waals surface area contributed by atoms with E-state index in [2.05, 4.69) is 15.6 Å². The minimum atomic E-state index is 0.616. The summed E-state index contributed by atoms with van der Waals surface area (Å²) in [5.74, 6) is 0. The number of halogens is 1. The maximum atomic E-state index is 6.09. The lowest BCUT2D eigenvalue weighted by molar-refractivity contribution is 0.830. The number of benzene rings is 1. The van der Waals surface area contributed by atoms with E-state index in [1.54, 1.807) is 6.20 Å². The smallest absolute Gasteiger partial charge is 0.166 e. The van der Waals surface area contributed by atoms with Crippen LogP contribution in [0.1, 0.15) is 16.7 Å². The Morgan fingerprint density at radius 2 is 1.95 bits per heavy atom. The van der Waals surface area contributed by atoms with E-state index in [0.29, 0.717) is 18.2 Å². The van der Waals surface area contributed by atoms with Crippen molar-refractivity contribution in [3.63, 3.8) is 0 Å². The summed E-state index contributed by atoms with van der Waals surface area (Å²) in [5, 5.41) is 7.69. The Kier molecular flexibility index (Phi) is 5.32. The Morgan fingerprint density at radius 3 is 2.60 bits per heavy atom. The van der Waals surface area contributed by atoms with E-state index in [9.17, 15) is 0 Å². The van der Waals surface area contributed by atoms with E-state index in [-0.39, 0.29) is 0 Å². The van der Waals surface area contributed by atoms with Gasteiger partial charge in [0.1, 0.15) is 0 Å². The molecular formula is C15H16ClN3S. The average Bonchev–Trinajstić information content (AvgIpc) is 2.47. The summed E-state index contributed by atoms with van der Waals surface area (Å²) in [6.45, 7) is 3.30. The van der Waals surface area contributed by atoms with Gasteiger partial charge < -0.3 is 10.6 Å². The standard InChI is InChI=1S/C15H16ClN3S/c1-11-4-5-12(7-14(11)16)9-18-15(20)19-10-13-3-2-6-17-8-13/h2-8H,9-10H2,1H3,(H2,18,19,20). The molecule has 0 aliphatic carbocycles. The summed E-state index contributed by atoms with van der Waals surface area (Å²) >= 11 is 11.3. The first-order valence-corrected chi connectivity index (χ1v) is 7.09. The van der Waals surface area contributed by atoms with E-state index in [0.717, 1.165) is 21.7 Å². The van der Waals surface area contributed by atoms with Gasteiger partial charge in [0, 0.05) is 30.5 Å². The van der Waals surface area contributed by atoms with Crippen molar-refractivity contribution in [2.75, 3.05) is 0 Å². The molecular weight excluding hydrogens is 290 g/mol. The SMILES string of the molecule is Cc1ccc(CNC(=S)NCc2cccnc2)cc1Cl. The third kappa shape index (κ3) is 4.47. The van der Waals surface area contributed by atoms with Gasteiger partial charge in [-0.1, -0.05) is 29.8 Å². The molecule has 0 radical (unpaired) electrons. The highest BCUT2D eigenvalue weighted by atomic mass is 35.5. The number of hydrogen-bond donors (Lipinski definition) is 2. The lowest BCUT2D eigenvalue weighted by atomic mass is 10.1. The average molecular weight is 306 g/mol. The van der Waals surface area contributed by atoms with E-state index in [1.165, 1.54) is 0 Å². The largest absolute Gasteiger partial charge is 0.359 e. The van der Waals surface area contributed by atoms with Gasteiger partial charge in [-0.25, -0.2) is 0 Å². The molecule has 0 unspecified atom stereocenters. The Bertz CT molecular complexity index is 587. The van der Waals surface area contributed by atoms with Gasteiger partial charge in [-0.2, -0.15) is 0 Å². The number of thiocarbonyl (C=S) groups is 1. The van der Waals surface area contributed by atoms with Crippen LogP contribution in [0, 0.1) is 6.92 Å². The Morgan fingerprint density at radius 1 is 1.20 bits per heavy atom. The molecule has 2 rings (SSSR count). The number of nitrogens with one attached hydrogen (secondary N) is 2. The van der Waals surface area contributed by atoms with Gasteiger partial charge in [-0.05, 0) is 48.0 Å². The molecule has 1 heterocycles. The zero-order valence-electron chi connectivity index (χ0n) is 11.2. The van der Waals surface area contributed by atoms with Crippen LogP contribution in [0.15, 0.2) is 42.7 Å². The molecule has 2 aromatic rings. The molecule has 0 fully saturated rings. The fourth-order valence-electron chi connectivity index (χ4n) is 1.68. The summed E-state index contributed by atoms with van der Waals surface area (Å²) in [4.78, 5) is 4.06. The van der Waals surface area contributed by atoms with Crippen molar-refractivity contribution in [2.24, 2.45) is 0 Å². The first-order chi connectivity index (χ1) is 9.65. The molecule has 20 heavy (non-hydrogen) atoms. The highest BCUT2D eigenvalue weighted by Gasteiger charge is 2.00. The maximum absolute atomic E-state index is 6.09. The second-order valence-corrected chi connectivity index (χ2v) is 5.30. The maximum Gasteiger partial charge on any atom is 0.166 e. The Labute approximate surface area is 129 Å². The second-order valence-electron chi connectivity index (χ2n) is 4.48. The van der Waals surface area contributed by atoms with Gasteiger partial charge in [-0.15, -0.1) is 0 Å². The second kappa shape index (κ2) is 7.22. The number of hydrogen-bond acceptors (Lipinski definition) is 2. The quantitative estimate of drug-likeness (QED) is 0.851. The lowest BCUT2D eigenvalue weighted by Crippen LogP contribution is -2.34. The number of pyridine rings is 1. The zero-order chi connectivity index (χ0) is 14.4. The fourth-order valence-corrected chi connectivity index (χ4v) is 2.02. The van der Waals surface area contributed by atoms with Gasteiger partial charge in [0.15, 0.2) is 5.11 Å². The van der Waals surface area contributed by atoms with Gasteiger partial charge >= 0.3 is 0 Å². The van der Waals surface area contributed by atoms with Crippen LogP contribution < -0.4 is 10.6 Å². The van der Waals surface area contributed by atoms with Crippen molar-refractivity contribution >= 4 is 28.9 Å². The van der Waals surface area contributed by atoms with Gasteiger partial charge in [-0.3, -0.25) is 4.98 Å². The number of aryl methyl sites for hydroxylation is 1. The summed E-state index contributed by atoms with van der Waals surface area (Å²) in [6, 6.07) is 9.90. The van der Waals surface area contributed by atoms with Crippen molar-refractivity contribution in [3.8, 4) is 0 Å². The van der Waals surface area contributed by atoms with E-state index in [4.69, 9.17) is 23.8 Å². The monoisotopic (exact) mass is 305 g/mol. The molecule has 0 spiro atoms.